The van der Waals surface area contributed by atoms with E-state index >= 15 is 0 Å². The van der Waals surface area contributed by atoms with Gasteiger partial charge in [0.2, 0.25) is 0 Å². The monoisotopic (exact) mass is 268 g/mol. The van der Waals surface area contributed by atoms with Crippen LogP contribution in [-0.2, 0) is 0 Å². The second kappa shape index (κ2) is 5.20. The number of aliphatic hydroxyl groups is 1. The molecule has 0 aromatic heterocycles. The Kier molecular flexibility index (Phi) is 3.82. The van der Waals surface area contributed by atoms with E-state index in [9.17, 15) is 9.50 Å². The molecule has 1 aromatic rings. The molecule has 1 aliphatic heterocycles. The van der Waals surface area contributed by atoms with Crippen molar-refractivity contribution >= 4 is 22.9 Å². The van der Waals surface area contributed by atoms with E-state index in [0.717, 1.165) is 25.2 Å². The van der Waals surface area contributed by atoms with E-state index in [1.54, 1.807) is 13.0 Å². The highest BCUT2D eigenvalue weighted by Crippen LogP contribution is 2.27. The van der Waals surface area contributed by atoms with Crippen LogP contribution in [-0.4, -0.2) is 29.3 Å². The van der Waals surface area contributed by atoms with Gasteiger partial charge in [0, 0.05) is 30.3 Å². The van der Waals surface area contributed by atoms with Crippen LogP contribution in [0.5, 0.6) is 0 Å². The van der Waals surface area contributed by atoms with Gasteiger partial charge in [-0.25, -0.2) is 4.39 Å². The fourth-order valence-corrected chi connectivity index (χ4v) is 2.48. The molecule has 0 radical (unpaired) electrons. The molecular formula is C13H17FN2OS. The summed E-state index contributed by atoms with van der Waals surface area (Å²) in [6.45, 7) is 3.38. The molecule has 0 bridgehead atoms. The third kappa shape index (κ3) is 2.62. The van der Waals surface area contributed by atoms with Crippen LogP contribution in [0.2, 0.25) is 0 Å². The molecule has 1 aromatic carbocycles. The van der Waals surface area contributed by atoms with Gasteiger partial charge >= 0.3 is 0 Å². The van der Waals surface area contributed by atoms with Gasteiger partial charge in [-0.3, -0.25) is 0 Å². The topological polar surface area (TPSA) is 49.5 Å². The third-order valence-corrected chi connectivity index (χ3v) is 3.71. The quantitative estimate of drug-likeness (QED) is 0.819. The Bertz CT molecular complexity index is 464. The predicted octanol–water partition coefficient (Wildman–Crippen LogP) is 1.67. The largest absolute Gasteiger partial charge is 0.393 e. The van der Waals surface area contributed by atoms with E-state index in [0.29, 0.717) is 0 Å². The van der Waals surface area contributed by atoms with Gasteiger partial charge in [-0.1, -0.05) is 12.2 Å². The van der Waals surface area contributed by atoms with Crippen molar-refractivity contribution in [2.45, 2.75) is 19.4 Å². The molecule has 1 saturated heterocycles. The van der Waals surface area contributed by atoms with E-state index in [1.807, 2.05) is 6.07 Å². The van der Waals surface area contributed by atoms with Crippen molar-refractivity contribution in [2.24, 2.45) is 11.7 Å². The average molecular weight is 268 g/mol. The molecular weight excluding hydrogens is 251 g/mol. The standard InChI is InChI=1S/C13H17FN2OS/c1-8(17)9-4-5-16(7-9)10-2-3-11(13(15)18)12(14)6-10/h2-3,6,8-9,17H,4-5,7H2,1H3,(H2,15,18). The summed E-state index contributed by atoms with van der Waals surface area (Å²) in [7, 11) is 0. The lowest BCUT2D eigenvalue weighted by molar-refractivity contribution is 0.136. The molecule has 0 aliphatic carbocycles. The fourth-order valence-electron chi connectivity index (χ4n) is 2.32. The Labute approximate surface area is 111 Å². The second-order valence-corrected chi connectivity index (χ2v) is 5.20. The molecule has 3 nitrogen and oxygen atoms in total. The Balaban J connectivity index is 2.16. The van der Waals surface area contributed by atoms with Crippen LogP contribution in [0, 0.1) is 11.7 Å². The first-order valence-electron chi connectivity index (χ1n) is 6.01. The predicted molar refractivity (Wildman–Crippen MR) is 74.3 cm³/mol. The van der Waals surface area contributed by atoms with Crippen molar-refractivity contribution in [3.05, 3.63) is 29.6 Å². The smallest absolute Gasteiger partial charge is 0.135 e. The summed E-state index contributed by atoms with van der Waals surface area (Å²) < 4.78 is 13.8. The zero-order valence-corrected chi connectivity index (χ0v) is 11.1. The van der Waals surface area contributed by atoms with Crippen molar-refractivity contribution in [1.29, 1.82) is 0 Å². The molecule has 98 valence electrons. The van der Waals surface area contributed by atoms with Gasteiger partial charge in [-0.15, -0.1) is 0 Å². The summed E-state index contributed by atoms with van der Waals surface area (Å²) in [5.74, 6) is -0.135. The molecule has 1 fully saturated rings. The van der Waals surface area contributed by atoms with Gasteiger partial charge in [0.15, 0.2) is 0 Å². The summed E-state index contributed by atoms with van der Waals surface area (Å²) in [5.41, 5.74) is 6.52. The average Bonchev–Trinajstić information content (AvgIpc) is 2.77. The molecule has 0 spiro atoms. The number of nitrogens with zero attached hydrogens (tertiary/aromatic N) is 1. The van der Waals surface area contributed by atoms with Gasteiger partial charge in [0.25, 0.3) is 0 Å². The molecule has 3 N–H and O–H groups in total. The minimum atomic E-state index is -0.388. The van der Waals surface area contributed by atoms with E-state index < -0.39 is 0 Å². The number of nitrogens with two attached hydrogens (primary N) is 1. The van der Waals surface area contributed by atoms with Gasteiger partial charge in [-0.05, 0) is 31.5 Å². The minimum Gasteiger partial charge on any atom is -0.393 e. The van der Waals surface area contributed by atoms with E-state index in [4.69, 9.17) is 18.0 Å². The second-order valence-electron chi connectivity index (χ2n) is 4.76. The molecule has 5 heteroatoms. The van der Waals surface area contributed by atoms with Crippen molar-refractivity contribution in [1.82, 2.24) is 0 Å². The lowest BCUT2D eigenvalue weighted by Crippen LogP contribution is -2.24. The number of hydrogen-bond acceptors (Lipinski definition) is 3. The Morgan fingerprint density at radius 2 is 2.33 bits per heavy atom. The lowest BCUT2D eigenvalue weighted by atomic mass is 10.0. The fraction of sp³-hybridized carbons (Fsp3) is 0.462. The Morgan fingerprint density at radius 1 is 1.61 bits per heavy atom. The molecule has 1 heterocycles. The van der Waals surface area contributed by atoms with Crippen LogP contribution < -0.4 is 10.6 Å². The maximum atomic E-state index is 13.8. The zero-order valence-electron chi connectivity index (χ0n) is 10.3. The van der Waals surface area contributed by atoms with Gasteiger partial charge < -0.3 is 15.7 Å². The lowest BCUT2D eigenvalue weighted by Gasteiger charge is -2.20. The SMILES string of the molecule is CC(O)C1CCN(c2ccc(C(N)=S)c(F)c2)C1. The van der Waals surface area contributed by atoms with Crippen molar-refractivity contribution < 1.29 is 9.50 Å². The van der Waals surface area contributed by atoms with Crippen molar-refractivity contribution in [3.8, 4) is 0 Å². The molecule has 0 saturated carbocycles. The van der Waals surface area contributed by atoms with Crippen LogP contribution >= 0.6 is 12.2 Å². The highest BCUT2D eigenvalue weighted by atomic mass is 32.1. The van der Waals surface area contributed by atoms with Gasteiger partial charge in [-0.2, -0.15) is 0 Å². The summed E-state index contributed by atoms with van der Waals surface area (Å²) >= 11 is 4.77. The van der Waals surface area contributed by atoms with Gasteiger partial charge in [0.1, 0.15) is 10.8 Å². The highest BCUT2D eigenvalue weighted by molar-refractivity contribution is 7.80. The molecule has 2 unspecified atom stereocenters. The van der Waals surface area contributed by atoms with Crippen LogP contribution in [0.4, 0.5) is 10.1 Å². The van der Waals surface area contributed by atoms with E-state index in [-0.39, 0.29) is 28.4 Å². The summed E-state index contributed by atoms with van der Waals surface area (Å²) in [4.78, 5) is 2.14. The number of benzene rings is 1. The maximum Gasteiger partial charge on any atom is 0.135 e. The maximum absolute atomic E-state index is 13.8. The number of anilines is 1. The molecule has 2 rings (SSSR count). The first-order chi connectivity index (χ1) is 8.49. The number of hydrogen-bond donors (Lipinski definition) is 2. The van der Waals surface area contributed by atoms with E-state index in [1.165, 1.54) is 6.07 Å². The number of aliphatic hydroxyl groups excluding tert-OH is 1. The van der Waals surface area contributed by atoms with Crippen LogP contribution in [0.1, 0.15) is 18.9 Å². The summed E-state index contributed by atoms with van der Waals surface area (Å²) in [6.07, 6.45) is 0.604. The number of halogens is 1. The summed E-state index contributed by atoms with van der Waals surface area (Å²) in [6, 6.07) is 4.89. The highest BCUT2D eigenvalue weighted by Gasteiger charge is 2.26. The van der Waals surface area contributed by atoms with Crippen molar-refractivity contribution in [2.75, 3.05) is 18.0 Å². The Hall–Kier alpha value is -1.20. The first-order valence-corrected chi connectivity index (χ1v) is 6.42. The molecule has 18 heavy (non-hydrogen) atoms. The summed E-state index contributed by atoms with van der Waals surface area (Å²) in [5, 5.41) is 9.55. The molecule has 2 atom stereocenters. The minimum absolute atomic E-state index is 0.0716. The zero-order chi connectivity index (χ0) is 13.3. The number of thiocarbonyl (C=S) groups is 1. The first kappa shape index (κ1) is 13.2. The van der Waals surface area contributed by atoms with Crippen LogP contribution in [0.25, 0.3) is 0 Å². The van der Waals surface area contributed by atoms with Crippen molar-refractivity contribution in [3.63, 3.8) is 0 Å². The normalized spacial score (nSPS) is 21.1. The molecule has 1 aliphatic rings. The molecule has 0 amide bonds. The van der Waals surface area contributed by atoms with Gasteiger partial charge in [0.05, 0.1) is 6.10 Å². The third-order valence-electron chi connectivity index (χ3n) is 3.49. The van der Waals surface area contributed by atoms with E-state index in [2.05, 4.69) is 4.90 Å². The van der Waals surface area contributed by atoms with Crippen LogP contribution in [0.15, 0.2) is 18.2 Å². The number of rotatable bonds is 3. The Morgan fingerprint density at radius 3 is 2.83 bits per heavy atom. The van der Waals surface area contributed by atoms with Crippen LogP contribution in [0.3, 0.4) is 0 Å².